The zero-order chi connectivity index (χ0) is 21.5. The van der Waals surface area contributed by atoms with Crippen molar-refractivity contribution in [2.24, 2.45) is 0 Å². The topological polar surface area (TPSA) is 76.1 Å². The van der Waals surface area contributed by atoms with Gasteiger partial charge in [-0.15, -0.1) is 11.8 Å². The molecule has 0 spiro atoms. The van der Waals surface area contributed by atoms with Crippen molar-refractivity contribution in [3.63, 3.8) is 0 Å². The molecule has 1 aliphatic carbocycles. The molecule has 1 N–H and O–H groups in total. The summed E-state index contributed by atoms with van der Waals surface area (Å²) in [6, 6.07) is 16.3. The third-order valence-electron chi connectivity index (χ3n) is 5.13. The fourth-order valence-corrected chi connectivity index (χ4v) is 3.54. The van der Waals surface area contributed by atoms with Crippen molar-refractivity contribution in [3.05, 3.63) is 59.7 Å². The Morgan fingerprint density at radius 2 is 1.70 bits per heavy atom. The van der Waals surface area contributed by atoms with Gasteiger partial charge in [0.1, 0.15) is 6.61 Å². The monoisotopic (exact) mass is 407 g/mol. The summed E-state index contributed by atoms with van der Waals surface area (Å²) < 4.78 is 10.9. The molecule has 0 saturated carbocycles. The molecule has 156 valence electrons. The fourth-order valence-electron chi connectivity index (χ4n) is 3.54. The first-order chi connectivity index (χ1) is 14.5. The van der Waals surface area contributed by atoms with Crippen LogP contribution in [0.5, 0.6) is 0 Å². The number of carboxylic acids is 1. The summed E-state index contributed by atoms with van der Waals surface area (Å²) in [6.07, 6.45) is -1.37. The van der Waals surface area contributed by atoms with Crippen LogP contribution in [0.15, 0.2) is 48.5 Å². The van der Waals surface area contributed by atoms with Crippen molar-refractivity contribution in [1.29, 1.82) is 0 Å². The lowest BCUT2D eigenvalue weighted by Gasteiger charge is -2.20. The van der Waals surface area contributed by atoms with Gasteiger partial charge in [-0.3, -0.25) is 0 Å². The van der Waals surface area contributed by atoms with Crippen molar-refractivity contribution in [3.8, 4) is 23.0 Å². The number of aliphatic carboxylic acids is 1. The number of hydrogen-bond donors (Lipinski definition) is 1. The second-order valence-electron chi connectivity index (χ2n) is 7.05. The van der Waals surface area contributed by atoms with E-state index in [-0.39, 0.29) is 32.1 Å². The molecule has 1 unspecified atom stereocenters. The van der Waals surface area contributed by atoms with E-state index in [1.54, 1.807) is 14.0 Å². The maximum Gasteiger partial charge on any atom is 0.409 e. The van der Waals surface area contributed by atoms with E-state index in [2.05, 4.69) is 36.1 Å². The molecule has 1 atom stereocenters. The summed E-state index contributed by atoms with van der Waals surface area (Å²) in [5.74, 6) is 4.27. The highest BCUT2D eigenvalue weighted by molar-refractivity contribution is 5.79. The highest BCUT2D eigenvalue weighted by Crippen LogP contribution is 2.44. The Kier molecular flexibility index (Phi) is 7.10. The van der Waals surface area contributed by atoms with Gasteiger partial charge in [0.15, 0.2) is 6.10 Å². The molecule has 2 aromatic rings. The standard InChI is InChI=1S/C24H25NO5/c1-3-4-13-22(23(26)27)29-15-14-25(2)24(28)30-16-21-19-11-7-5-9-17(19)18-10-6-8-12-20(18)21/h5-12,21-22H,13-16H2,1-2H3,(H,26,27). The van der Waals surface area contributed by atoms with Crippen LogP contribution in [-0.4, -0.2) is 55.0 Å². The predicted molar refractivity (Wildman–Crippen MR) is 113 cm³/mol. The number of rotatable bonds is 8. The number of nitrogens with zero attached hydrogens (tertiary/aromatic N) is 1. The molecule has 0 heterocycles. The molecule has 0 aliphatic heterocycles. The van der Waals surface area contributed by atoms with E-state index >= 15 is 0 Å². The van der Waals surface area contributed by atoms with Gasteiger partial charge in [0.2, 0.25) is 0 Å². The second kappa shape index (κ2) is 9.95. The molecule has 1 aliphatic rings. The number of carbonyl (C=O) groups is 2. The van der Waals surface area contributed by atoms with Crippen LogP contribution in [-0.2, 0) is 14.3 Å². The van der Waals surface area contributed by atoms with E-state index in [9.17, 15) is 9.59 Å². The SMILES string of the molecule is CC#CCC(OCCN(C)C(=O)OCC1c2ccccc2-c2ccccc21)C(=O)O. The lowest BCUT2D eigenvalue weighted by atomic mass is 9.98. The Bertz CT molecular complexity index is 929. The van der Waals surface area contributed by atoms with Gasteiger partial charge in [0.05, 0.1) is 6.61 Å². The highest BCUT2D eigenvalue weighted by atomic mass is 16.6. The van der Waals surface area contributed by atoms with Crippen LogP contribution >= 0.6 is 0 Å². The molecule has 0 aromatic heterocycles. The molecule has 0 fully saturated rings. The van der Waals surface area contributed by atoms with Gasteiger partial charge in [-0.2, -0.15) is 0 Å². The highest BCUT2D eigenvalue weighted by Gasteiger charge is 2.29. The molecule has 30 heavy (non-hydrogen) atoms. The third-order valence-corrected chi connectivity index (χ3v) is 5.13. The number of carbonyl (C=O) groups excluding carboxylic acids is 1. The smallest absolute Gasteiger partial charge is 0.409 e. The van der Waals surface area contributed by atoms with Crippen molar-refractivity contribution >= 4 is 12.1 Å². The minimum atomic E-state index is -1.07. The van der Waals surface area contributed by atoms with E-state index in [1.165, 1.54) is 16.0 Å². The van der Waals surface area contributed by atoms with Crippen LogP contribution in [0, 0.1) is 11.8 Å². The number of fused-ring (bicyclic) bond motifs is 3. The van der Waals surface area contributed by atoms with Crippen LogP contribution in [0.1, 0.15) is 30.4 Å². The van der Waals surface area contributed by atoms with Crippen LogP contribution in [0.2, 0.25) is 0 Å². The molecule has 0 bridgehead atoms. The zero-order valence-corrected chi connectivity index (χ0v) is 17.1. The summed E-state index contributed by atoms with van der Waals surface area (Å²) >= 11 is 0. The van der Waals surface area contributed by atoms with Crippen LogP contribution < -0.4 is 0 Å². The quantitative estimate of drug-likeness (QED) is 0.675. The summed E-state index contributed by atoms with van der Waals surface area (Å²) in [7, 11) is 1.60. The van der Waals surface area contributed by atoms with Crippen LogP contribution in [0.3, 0.4) is 0 Å². The van der Waals surface area contributed by atoms with Gasteiger partial charge in [-0.05, 0) is 29.2 Å². The Morgan fingerprint density at radius 3 is 2.27 bits per heavy atom. The molecule has 0 saturated heterocycles. The van der Waals surface area contributed by atoms with Gasteiger partial charge in [0.25, 0.3) is 0 Å². The largest absolute Gasteiger partial charge is 0.479 e. The molecule has 0 radical (unpaired) electrons. The number of carboxylic acid groups (broad SMARTS) is 1. The summed E-state index contributed by atoms with van der Waals surface area (Å²) in [5, 5.41) is 9.14. The number of likely N-dealkylation sites (N-methyl/N-ethyl adjacent to an activating group) is 1. The van der Waals surface area contributed by atoms with Crippen molar-refractivity contribution in [1.82, 2.24) is 4.90 Å². The third kappa shape index (κ3) is 4.81. The minimum absolute atomic E-state index is 0.00462. The number of amides is 1. The van der Waals surface area contributed by atoms with Gasteiger partial charge >= 0.3 is 12.1 Å². The van der Waals surface area contributed by atoms with E-state index in [1.807, 2.05) is 24.3 Å². The Labute approximate surface area is 176 Å². The Balaban J connectivity index is 1.54. The summed E-state index contributed by atoms with van der Waals surface area (Å²) in [6.45, 7) is 2.19. The van der Waals surface area contributed by atoms with Crippen LogP contribution in [0.25, 0.3) is 11.1 Å². The molecule has 6 nitrogen and oxygen atoms in total. The molecule has 1 amide bonds. The van der Waals surface area contributed by atoms with Gasteiger partial charge in [-0.25, -0.2) is 9.59 Å². The van der Waals surface area contributed by atoms with E-state index in [0.717, 1.165) is 11.1 Å². The first-order valence-corrected chi connectivity index (χ1v) is 9.83. The maximum atomic E-state index is 12.4. The fraction of sp³-hybridized carbons (Fsp3) is 0.333. The minimum Gasteiger partial charge on any atom is -0.479 e. The maximum absolute atomic E-state index is 12.4. The second-order valence-corrected chi connectivity index (χ2v) is 7.05. The molecular weight excluding hydrogens is 382 g/mol. The number of hydrogen-bond acceptors (Lipinski definition) is 4. The Morgan fingerprint density at radius 1 is 1.10 bits per heavy atom. The van der Waals surface area contributed by atoms with Gasteiger partial charge in [-0.1, -0.05) is 48.5 Å². The number of ether oxygens (including phenoxy) is 2. The molecule has 6 heteroatoms. The average Bonchev–Trinajstić information content (AvgIpc) is 3.07. The first kappa shape index (κ1) is 21.4. The van der Waals surface area contributed by atoms with Crippen molar-refractivity contribution < 1.29 is 24.2 Å². The predicted octanol–water partition coefficient (Wildman–Crippen LogP) is 3.75. The lowest BCUT2D eigenvalue weighted by molar-refractivity contribution is -0.150. The molecule has 3 rings (SSSR count). The molecule has 2 aromatic carbocycles. The van der Waals surface area contributed by atoms with Gasteiger partial charge < -0.3 is 19.5 Å². The summed E-state index contributed by atoms with van der Waals surface area (Å²) in [4.78, 5) is 25.0. The lowest BCUT2D eigenvalue weighted by Crippen LogP contribution is -2.34. The van der Waals surface area contributed by atoms with Crippen molar-refractivity contribution in [2.75, 3.05) is 26.8 Å². The summed E-state index contributed by atoms with van der Waals surface area (Å²) in [5.41, 5.74) is 4.65. The average molecular weight is 407 g/mol. The first-order valence-electron chi connectivity index (χ1n) is 9.83. The van der Waals surface area contributed by atoms with E-state index < -0.39 is 18.2 Å². The van der Waals surface area contributed by atoms with E-state index in [0.29, 0.717) is 0 Å². The molecular formula is C24H25NO5. The number of benzene rings is 2. The Hall–Kier alpha value is -3.30. The normalized spacial score (nSPS) is 12.9. The zero-order valence-electron chi connectivity index (χ0n) is 17.1. The van der Waals surface area contributed by atoms with Crippen molar-refractivity contribution in [2.45, 2.75) is 25.4 Å². The van der Waals surface area contributed by atoms with E-state index in [4.69, 9.17) is 14.6 Å². The van der Waals surface area contributed by atoms with Crippen LogP contribution in [0.4, 0.5) is 4.79 Å². The van der Waals surface area contributed by atoms with Gasteiger partial charge in [0, 0.05) is 25.9 Å².